The van der Waals surface area contributed by atoms with E-state index in [1.54, 1.807) is 18.3 Å². The Morgan fingerprint density at radius 1 is 1.38 bits per heavy atom. The zero-order valence-electron chi connectivity index (χ0n) is 11.8. The lowest BCUT2D eigenvalue weighted by molar-refractivity contribution is -0.120. The Morgan fingerprint density at radius 2 is 2.14 bits per heavy atom. The molecule has 21 heavy (non-hydrogen) atoms. The molecule has 1 atom stereocenters. The molecule has 2 rings (SSSR count). The minimum atomic E-state index is -0.781. The van der Waals surface area contributed by atoms with E-state index in [1.165, 1.54) is 6.07 Å². The van der Waals surface area contributed by atoms with E-state index < -0.39 is 17.7 Å². The van der Waals surface area contributed by atoms with Crippen molar-refractivity contribution in [2.75, 3.05) is 12.4 Å². The second kappa shape index (κ2) is 6.78. The molecule has 2 aromatic rings. The summed E-state index contributed by atoms with van der Waals surface area (Å²) in [6, 6.07) is 4.63. The van der Waals surface area contributed by atoms with Crippen LogP contribution in [-0.2, 0) is 11.3 Å². The number of anilines is 1. The summed E-state index contributed by atoms with van der Waals surface area (Å²) >= 11 is 1.60. The highest BCUT2D eigenvalue weighted by Gasteiger charge is 2.19. The van der Waals surface area contributed by atoms with Gasteiger partial charge < -0.3 is 5.32 Å². The van der Waals surface area contributed by atoms with Gasteiger partial charge in [0.15, 0.2) is 0 Å². The number of thiophene rings is 1. The van der Waals surface area contributed by atoms with Crippen LogP contribution in [0, 0.1) is 11.6 Å². The van der Waals surface area contributed by atoms with E-state index in [4.69, 9.17) is 0 Å². The lowest BCUT2D eigenvalue weighted by atomic mass is 10.2. The van der Waals surface area contributed by atoms with Gasteiger partial charge in [-0.05, 0) is 48.5 Å². The molecule has 1 N–H and O–H groups in total. The Kier molecular flexibility index (Phi) is 5.03. The molecule has 0 fully saturated rings. The number of carbonyl (C=O) groups is 1. The number of hydrogen-bond donors (Lipinski definition) is 1. The Hall–Kier alpha value is -1.79. The first-order valence-corrected chi connectivity index (χ1v) is 7.39. The van der Waals surface area contributed by atoms with Crippen LogP contribution in [0.15, 0.2) is 35.0 Å². The second-order valence-corrected chi connectivity index (χ2v) is 5.62. The lowest BCUT2D eigenvalue weighted by Gasteiger charge is -2.23. The molecule has 112 valence electrons. The molecule has 0 saturated carbocycles. The molecule has 3 nitrogen and oxygen atoms in total. The van der Waals surface area contributed by atoms with Gasteiger partial charge in [0.2, 0.25) is 5.91 Å². The summed E-state index contributed by atoms with van der Waals surface area (Å²) in [6.45, 7) is 2.37. The van der Waals surface area contributed by atoms with E-state index in [2.05, 4.69) is 5.32 Å². The molecule has 1 aromatic heterocycles. The Balaban J connectivity index is 1.98. The van der Waals surface area contributed by atoms with Gasteiger partial charge in [0.1, 0.15) is 11.6 Å². The highest BCUT2D eigenvalue weighted by Crippen LogP contribution is 2.16. The molecule has 0 aliphatic heterocycles. The van der Waals surface area contributed by atoms with Crippen LogP contribution in [-0.4, -0.2) is 23.9 Å². The first-order valence-electron chi connectivity index (χ1n) is 6.44. The lowest BCUT2D eigenvalue weighted by Crippen LogP contribution is -2.39. The fourth-order valence-corrected chi connectivity index (χ4v) is 2.50. The van der Waals surface area contributed by atoms with Crippen LogP contribution >= 0.6 is 11.3 Å². The molecule has 1 amide bonds. The summed E-state index contributed by atoms with van der Waals surface area (Å²) in [4.78, 5) is 14.0. The quantitative estimate of drug-likeness (QED) is 0.917. The van der Waals surface area contributed by atoms with Gasteiger partial charge in [0.05, 0.1) is 11.7 Å². The van der Waals surface area contributed by atoms with Crippen molar-refractivity contribution >= 4 is 22.9 Å². The average molecular weight is 310 g/mol. The van der Waals surface area contributed by atoms with E-state index in [0.717, 1.165) is 17.7 Å². The molecule has 0 aliphatic carbocycles. The third-order valence-corrected chi connectivity index (χ3v) is 3.97. The van der Waals surface area contributed by atoms with E-state index in [0.29, 0.717) is 6.54 Å². The topological polar surface area (TPSA) is 32.3 Å². The second-order valence-electron chi connectivity index (χ2n) is 4.84. The van der Waals surface area contributed by atoms with Crippen molar-refractivity contribution in [2.45, 2.75) is 19.5 Å². The fourth-order valence-electron chi connectivity index (χ4n) is 1.84. The molecule has 1 heterocycles. The minimum absolute atomic E-state index is 0.0165. The number of amides is 1. The molecule has 0 saturated heterocycles. The zero-order chi connectivity index (χ0) is 15.4. The monoisotopic (exact) mass is 310 g/mol. The standard InChI is InChI=1S/C15H16F2N2OS/c1-10(19(2)8-11-5-6-21-9-11)15(20)18-14-4-3-12(16)7-13(14)17/h3-7,9-10H,8H2,1-2H3,(H,18,20)/t10-/m0/s1. The third kappa shape index (κ3) is 4.09. The van der Waals surface area contributed by atoms with Gasteiger partial charge in [0.25, 0.3) is 0 Å². The minimum Gasteiger partial charge on any atom is -0.322 e. The third-order valence-electron chi connectivity index (χ3n) is 3.24. The highest BCUT2D eigenvalue weighted by atomic mass is 32.1. The van der Waals surface area contributed by atoms with E-state index in [-0.39, 0.29) is 11.6 Å². The van der Waals surface area contributed by atoms with Gasteiger partial charge in [-0.3, -0.25) is 9.69 Å². The first-order chi connectivity index (χ1) is 9.97. The number of likely N-dealkylation sites (N-methyl/N-ethyl adjacent to an activating group) is 1. The van der Waals surface area contributed by atoms with Crippen molar-refractivity contribution in [1.29, 1.82) is 0 Å². The van der Waals surface area contributed by atoms with Gasteiger partial charge in [0, 0.05) is 12.6 Å². The highest BCUT2D eigenvalue weighted by molar-refractivity contribution is 7.07. The van der Waals surface area contributed by atoms with Gasteiger partial charge in [-0.25, -0.2) is 8.78 Å². The normalized spacial score (nSPS) is 12.4. The number of benzene rings is 1. The van der Waals surface area contributed by atoms with Gasteiger partial charge in [-0.1, -0.05) is 0 Å². The van der Waals surface area contributed by atoms with E-state index in [1.807, 2.05) is 28.8 Å². The van der Waals surface area contributed by atoms with Crippen molar-refractivity contribution in [2.24, 2.45) is 0 Å². The number of nitrogens with zero attached hydrogens (tertiary/aromatic N) is 1. The summed E-state index contributed by atoms with van der Waals surface area (Å²) in [6.07, 6.45) is 0. The summed E-state index contributed by atoms with van der Waals surface area (Å²) in [5, 5.41) is 6.47. The zero-order valence-corrected chi connectivity index (χ0v) is 12.6. The molecule has 0 radical (unpaired) electrons. The van der Waals surface area contributed by atoms with Gasteiger partial charge in [-0.2, -0.15) is 11.3 Å². The van der Waals surface area contributed by atoms with Crippen LogP contribution < -0.4 is 5.32 Å². The van der Waals surface area contributed by atoms with Crippen molar-refractivity contribution in [1.82, 2.24) is 4.90 Å². The maximum Gasteiger partial charge on any atom is 0.241 e. The average Bonchev–Trinajstić information content (AvgIpc) is 2.93. The summed E-state index contributed by atoms with van der Waals surface area (Å²) in [5.41, 5.74) is 1.10. The molecule has 0 spiro atoms. The number of nitrogens with one attached hydrogen (secondary N) is 1. The van der Waals surface area contributed by atoms with Crippen LogP contribution in [0.3, 0.4) is 0 Å². The van der Waals surface area contributed by atoms with Crippen molar-refractivity contribution in [3.05, 3.63) is 52.2 Å². The van der Waals surface area contributed by atoms with Crippen LogP contribution in [0.2, 0.25) is 0 Å². The van der Waals surface area contributed by atoms with E-state index >= 15 is 0 Å². The molecule has 0 bridgehead atoms. The first kappa shape index (κ1) is 15.6. The van der Waals surface area contributed by atoms with Crippen molar-refractivity contribution < 1.29 is 13.6 Å². The number of rotatable bonds is 5. The largest absolute Gasteiger partial charge is 0.322 e. The summed E-state index contributed by atoms with van der Waals surface area (Å²) in [5.74, 6) is -1.79. The fraction of sp³-hybridized carbons (Fsp3) is 0.267. The summed E-state index contributed by atoms with van der Waals surface area (Å²) < 4.78 is 26.3. The van der Waals surface area contributed by atoms with Crippen LogP contribution in [0.25, 0.3) is 0 Å². The van der Waals surface area contributed by atoms with E-state index in [9.17, 15) is 13.6 Å². The number of hydrogen-bond acceptors (Lipinski definition) is 3. The molecular formula is C15H16F2N2OS. The summed E-state index contributed by atoms with van der Waals surface area (Å²) in [7, 11) is 1.82. The molecule has 1 aromatic carbocycles. The Morgan fingerprint density at radius 3 is 2.76 bits per heavy atom. The maximum absolute atomic E-state index is 13.5. The van der Waals surface area contributed by atoms with Gasteiger partial charge >= 0.3 is 0 Å². The van der Waals surface area contributed by atoms with Crippen molar-refractivity contribution in [3.63, 3.8) is 0 Å². The molecule has 6 heteroatoms. The Bertz CT molecular complexity index is 616. The van der Waals surface area contributed by atoms with Crippen molar-refractivity contribution in [3.8, 4) is 0 Å². The molecule has 0 unspecified atom stereocenters. The molecular weight excluding hydrogens is 294 g/mol. The number of carbonyl (C=O) groups excluding carboxylic acids is 1. The van der Waals surface area contributed by atoms with Crippen LogP contribution in [0.4, 0.5) is 14.5 Å². The van der Waals surface area contributed by atoms with Crippen LogP contribution in [0.5, 0.6) is 0 Å². The predicted molar refractivity (Wildman–Crippen MR) is 80.2 cm³/mol. The van der Waals surface area contributed by atoms with Crippen LogP contribution in [0.1, 0.15) is 12.5 Å². The van der Waals surface area contributed by atoms with Gasteiger partial charge in [-0.15, -0.1) is 0 Å². The Labute approximate surface area is 126 Å². The smallest absolute Gasteiger partial charge is 0.241 e. The SMILES string of the molecule is C[C@@H](C(=O)Nc1ccc(F)cc1F)N(C)Cc1ccsc1. The maximum atomic E-state index is 13.5. The molecule has 0 aliphatic rings. The predicted octanol–water partition coefficient (Wildman–Crippen LogP) is 3.49. The number of halogens is 2.